The summed E-state index contributed by atoms with van der Waals surface area (Å²) in [6, 6.07) is 13.3. The molecule has 0 fully saturated rings. The summed E-state index contributed by atoms with van der Waals surface area (Å²) in [4.78, 5) is 1.21. The molecule has 31 heavy (non-hydrogen) atoms. The van der Waals surface area contributed by atoms with Gasteiger partial charge >= 0.3 is 0 Å². The van der Waals surface area contributed by atoms with Crippen LogP contribution < -0.4 is 4.52 Å². The fourth-order valence-corrected chi connectivity index (χ4v) is 9.16. The molecule has 0 saturated carbocycles. The second-order valence-electron chi connectivity index (χ2n) is 5.88. The molecule has 0 radical (unpaired) electrons. The Morgan fingerprint density at radius 2 is 1.39 bits per heavy atom. The SMILES string of the molecule is CCOP(=S)(CC)Oc1cc(Cl)c(Cl)cc1Cl.CCOP(=S)(CC)Sc1ccccc1. The van der Waals surface area contributed by atoms with Gasteiger partial charge in [0.2, 0.25) is 6.49 Å². The van der Waals surface area contributed by atoms with Crippen LogP contribution in [0.5, 0.6) is 5.75 Å². The molecule has 0 aliphatic carbocycles. The summed E-state index contributed by atoms with van der Waals surface area (Å²) >= 11 is 30.4. The fraction of sp³-hybridized carbons (Fsp3) is 0.400. The minimum absolute atomic E-state index is 0.375. The minimum atomic E-state index is -2.34. The third kappa shape index (κ3) is 10.6. The maximum absolute atomic E-state index is 6.01. The van der Waals surface area contributed by atoms with Crippen LogP contribution in [0.1, 0.15) is 27.7 Å². The van der Waals surface area contributed by atoms with E-state index in [1.54, 1.807) is 17.4 Å². The second-order valence-corrected chi connectivity index (χ2v) is 18.6. The first-order valence-corrected chi connectivity index (χ1v) is 18.0. The quantitative estimate of drug-likeness (QED) is 0.206. The van der Waals surface area contributed by atoms with Crippen LogP contribution >= 0.6 is 58.1 Å². The van der Waals surface area contributed by atoms with E-state index in [9.17, 15) is 0 Å². The zero-order valence-corrected chi connectivity index (χ0v) is 24.4. The highest BCUT2D eigenvalue weighted by molar-refractivity contribution is 8.69. The molecule has 0 saturated heterocycles. The van der Waals surface area contributed by atoms with Gasteiger partial charge in [-0.05, 0) is 43.9 Å². The molecule has 2 unspecified atom stereocenters. The molecule has 0 aromatic heterocycles. The molecule has 0 N–H and O–H groups in total. The van der Waals surface area contributed by atoms with Crippen molar-refractivity contribution in [2.24, 2.45) is 0 Å². The summed E-state index contributed by atoms with van der Waals surface area (Å²) < 4.78 is 16.8. The van der Waals surface area contributed by atoms with E-state index in [1.807, 2.05) is 39.0 Å². The van der Waals surface area contributed by atoms with Gasteiger partial charge in [-0.2, -0.15) is 0 Å². The van der Waals surface area contributed by atoms with Gasteiger partial charge in [0.1, 0.15) is 11.2 Å². The van der Waals surface area contributed by atoms with Crippen LogP contribution in [0, 0.1) is 0 Å². The third-order valence-electron chi connectivity index (χ3n) is 3.63. The van der Waals surface area contributed by atoms with E-state index in [4.69, 9.17) is 72.0 Å². The van der Waals surface area contributed by atoms with E-state index >= 15 is 0 Å². The molecule has 0 heterocycles. The number of benzene rings is 2. The van der Waals surface area contributed by atoms with Gasteiger partial charge in [0.25, 0.3) is 0 Å². The summed E-state index contributed by atoms with van der Waals surface area (Å²) in [5.74, 6) is 0.416. The molecule has 2 rings (SSSR count). The maximum atomic E-state index is 6.01. The third-order valence-corrected chi connectivity index (χ3v) is 14.4. The molecule has 11 heteroatoms. The lowest BCUT2D eigenvalue weighted by molar-refractivity contribution is 0.332. The van der Waals surface area contributed by atoms with Crippen molar-refractivity contribution < 1.29 is 13.6 Å². The molecular formula is C20H27Cl3O3P2S3. The summed E-state index contributed by atoms with van der Waals surface area (Å²) in [6.07, 6.45) is 1.56. The average molecular weight is 580 g/mol. The predicted octanol–water partition coefficient (Wildman–Crippen LogP) is 9.54. The van der Waals surface area contributed by atoms with Crippen molar-refractivity contribution in [2.45, 2.75) is 32.6 Å². The summed E-state index contributed by atoms with van der Waals surface area (Å²) in [5.41, 5.74) is -1.67. The van der Waals surface area contributed by atoms with Crippen molar-refractivity contribution in [2.75, 3.05) is 25.5 Å². The highest BCUT2D eigenvalue weighted by atomic mass is 35.5. The van der Waals surface area contributed by atoms with Gasteiger partial charge in [-0.3, -0.25) is 0 Å². The molecular weight excluding hydrogens is 553 g/mol. The van der Waals surface area contributed by atoms with Gasteiger partial charge in [0.15, 0.2) is 0 Å². The van der Waals surface area contributed by atoms with E-state index in [0.29, 0.717) is 40.2 Å². The molecule has 0 bridgehead atoms. The fourth-order valence-electron chi connectivity index (χ4n) is 2.12. The molecule has 3 nitrogen and oxygen atoms in total. The Morgan fingerprint density at radius 3 is 1.90 bits per heavy atom. The Labute approximate surface area is 215 Å². The largest absolute Gasteiger partial charge is 0.442 e. The standard InChI is InChI=1S/C10H12Cl3O2PS.C10H15OPS2/c1-3-14-16(17,4-2)15-10-6-8(12)7(11)5-9(10)13;1-3-11-12(13,4-2)14-10-8-6-5-7-9-10/h5-6H,3-4H2,1-2H3;5-9H,3-4H2,1-2H3. The summed E-state index contributed by atoms with van der Waals surface area (Å²) in [7, 11) is 0. The lowest BCUT2D eigenvalue weighted by atomic mass is 10.3. The normalized spacial score (nSPS) is 14.7. The van der Waals surface area contributed by atoms with E-state index < -0.39 is 12.0 Å². The van der Waals surface area contributed by atoms with E-state index in [-0.39, 0.29) is 0 Å². The topological polar surface area (TPSA) is 27.7 Å². The highest BCUT2D eigenvalue weighted by Crippen LogP contribution is 2.62. The van der Waals surface area contributed by atoms with Crippen LogP contribution in [-0.2, 0) is 32.7 Å². The summed E-state index contributed by atoms with van der Waals surface area (Å²) in [5, 5.41) is 1.13. The lowest BCUT2D eigenvalue weighted by Gasteiger charge is -2.21. The Balaban J connectivity index is 0.000000316. The molecule has 2 aromatic rings. The molecule has 0 aliphatic heterocycles. The number of hydrogen-bond acceptors (Lipinski definition) is 6. The minimum Gasteiger partial charge on any atom is -0.442 e. The molecule has 2 aromatic carbocycles. The Bertz CT molecular complexity index is 917. The first-order valence-electron chi connectivity index (χ1n) is 9.67. The van der Waals surface area contributed by atoms with Crippen molar-refractivity contribution >= 4 is 81.8 Å². The average Bonchev–Trinajstić information content (AvgIpc) is 2.73. The van der Waals surface area contributed by atoms with Crippen molar-refractivity contribution in [1.82, 2.24) is 0 Å². The van der Waals surface area contributed by atoms with Crippen molar-refractivity contribution in [3.05, 3.63) is 57.5 Å². The van der Waals surface area contributed by atoms with Crippen LogP contribution in [-0.4, -0.2) is 25.5 Å². The van der Waals surface area contributed by atoms with Crippen molar-refractivity contribution in [3.63, 3.8) is 0 Å². The predicted molar refractivity (Wildman–Crippen MR) is 147 cm³/mol. The molecule has 2 atom stereocenters. The first kappa shape index (κ1) is 29.7. The van der Waals surface area contributed by atoms with Crippen LogP contribution in [0.2, 0.25) is 15.1 Å². The lowest BCUT2D eigenvalue weighted by Crippen LogP contribution is -2.00. The van der Waals surface area contributed by atoms with Gasteiger partial charge in [0.05, 0.1) is 21.7 Å². The van der Waals surface area contributed by atoms with Crippen molar-refractivity contribution in [1.29, 1.82) is 0 Å². The van der Waals surface area contributed by atoms with Crippen LogP contribution in [0.25, 0.3) is 0 Å². The van der Waals surface area contributed by atoms with E-state index in [1.165, 1.54) is 11.0 Å². The zero-order chi connectivity index (χ0) is 23.5. The van der Waals surface area contributed by atoms with Crippen LogP contribution in [0.4, 0.5) is 0 Å². The highest BCUT2D eigenvalue weighted by Gasteiger charge is 2.20. The summed E-state index contributed by atoms with van der Waals surface area (Å²) in [6.45, 7) is 6.78. The molecule has 0 aliphatic rings. The molecule has 0 amide bonds. The maximum Gasteiger partial charge on any atom is 0.237 e. The second kappa shape index (κ2) is 14.8. The van der Waals surface area contributed by atoms with Crippen LogP contribution in [0.3, 0.4) is 0 Å². The zero-order valence-electron chi connectivity index (χ0n) is 17.8. The smallest absolute Gasteiger partial charge is 0.237 e. The van der Waals surface area contributed by atoms with E-state index in [2.05, 4.69) is 19.1 Å². The molecule has 0 spiro atoms. The Morgan fingerprint density at radius 1 is 0.806 bits per heavy atom. The number of rotatable bonds is 10. The first-order chi connectivity index (χ1) is 14.6. The molecule has 174 valence electrons. The van der Waals surface area contributed by atoms with Gasteiger partial charge in [-0.25, -0.2) is 0 Å². The van der Waals surface area contributed by atoms with Crippen LogP contribution in [0.15, 0.2) is 47.4 Å². The number of hydrogen-bond donors (Lipinski definition) is 0. The Hall–Kier alpha value is 0.680. The monoisotopic (exact) mass is 578 g/mol. The van der Waals surface area contributed by atoms with E-state index in [0.717, 1.165) is 6.16 Å². The van der Waals surface area contributed by atoms with Gasteiger partial charge in [0, 0.05) is 29.9 Å². The van der Waals surface area contributed by atoms with Crippen molar-refractivity contribution in [3.8, 4) is 5.75 Å². The van der Waals surface area contributed by atoms with Gasteiger partial charge < -0.3 is 13.6 Å². The van der Waals surface area contributed by atoms with Gasteiger partial charge in [-0.1, -0.05) is 90.0 Å². The van der Waals surface area contributed by atoms with Gasteiger partial charge in [-0.15, -0.1) is 0 Å². The number of halogens is 3. The Kier molecular flexibility index (Phi) is 14.2.